The maximum atomic E-state index is 11.0. The van der Waals surface area contributed by atoms with Gasteiger partial charge in [-0.3, -0.25) is 0 Å². The second-order valence-electron chi connectivity index (χ2n) is 2.34. The number of hydrogen-bond donors (Lipinski definition) is 1. The molecule has 0 saturated heterocycles. The van der Waals surface area contributed by atoms with E-state index in [0.717, 1.165) is 4.88 Å². The van der Waals surface area contributed by atoms with E-state index in [1.165, 1.54) is 18.4 Å². The zero-order valence-corrected chi connectivity index (χ0v) is 8.09. The van der Waals surface area contributed by atoms with Crippen LogP contribution in [0.25, 0.3) is 0 Å². The fourth-order valence-corrected chi connectivity index (χ4v) is 1.66. The number of carbonyl (C=O) groups excluding carboxylic acids is 1. The SMILES string of the molecule is COC(=O)c1ccc(/C(C)=N\O)s1. The summed E-state index contributed by atoms with van der Waals surface area (Å²) in [7, 11) is 1.33. The fraction of sp³-hybridized carbons (Fsp3) is 0.250. The molecule has 1 aromatic rings. The Labute approximate surface area is 79.5 Å². The zero-order chi connectivity index (χ0) is 9.84. The third kappa shape index (κ3) is 2.06. The molecule has 13 heavy (non-hydrogen) atoms. The summed E-state index contributed by atoms with van der Waals surface area (Å²) in [6.45, 7) is 1.66. The van der Waals surface area contributed by atoms with Gasteiger partial charge in [0.05, 0.1) is 17.7 Å². The van der Waals surface area contributed by atoms with Crippen molar-refractivity contribution in [3.8, 4) is 0 Å². The van der Waals surface area contributed by atoms with E-state index in [0.29, 0.717) is 10.6 Å². The Morgan fingerprint density at radius 3 is 2.69 bits per heavy atom. The quantitative estimate of drug-likeness (QED) is 0.341. The fourth-order valence-electron chi connectivity index (χ4n) is 0.792. The lowest BCUT2D eigenvalue weighted by molar-refractivity contribution is 0.0606. The van der Waals surface area contributed by atoms with Crippen molar-refractivity contribution in [3.63, 3.8) is 0 Å². The number of carbonyl (C=O) groups is 1. The average molecular weight is 199 g/mol. The molecule has 0 saturated carbocycles. The highest BCUT2D eigenvalue weighted by atomic mass is 32.1. The van der Waals surface area contributed by atoms with E-state index in [-0.39, 0.29) is 5.97 Å². The Bertz CT molecular complexity index is 343. The number of methoxy groups -OCH3 is 1. The van der Waals surface area contributed by atoms with Crippen molar-refractivity contribution in [1.29, 1.82) is 0 Å². The molecule has 0 aliphatic heterocycles. The molecule has 1 rings (SSSR count). The van der Waals surface area contributed by atoms with Crippen LogP contribution in [0.5, 0.6) is 0 Å². The Hall–Kier alpha value is -1.36. The molecule has 0 radical (unpaired) electrons. The van der Waals surface area contributed by atoms with Crippen LogP contribution < -0.4 is 0 Å². The van der Waals surface area contributed by atoms with Crippen LogP contribution in [0.1, 0.15) is 21.5 Å². The van der Waals surface area contributed by atoms with Crippen molar-refractivity contribution in [2.75, 3.05) is 7.11 Å². The number of hydrogen-bond acceptors (Lipinski definition) is 5. The number of ether oxygens (including phenoxy) is 1. The van der Waals surface area contributed by atoms with E-state index in [2.05, 4.69) is 9.89 Å². The number of nitrogens with zero attached hydrogens (tertiary/aromatic N) is 1. The molecule has 70 valence electrons. The highest BCUT2D eigenvalue weighted by Crippen LogP contribution is 2.17. The third-order valence-corrected chi connectivity index (χ3v) is 2.67. The van der Waals surface area contributed by atoms with E-state index >= 15 is 0 Å². The maximum Gasteiger partial charge on any atom is 0.348 e. The Morgan fingerprint density at radius 1 is 1.54 bits per heavy atom. The Morgan fingerprint density at radius 2 is 2.15 bits per heavy atom. The van der Waals surface area contributed by atoms with Crippen LogP contribution >= 0.6 is 11.3 Å². The van der Waals surface area contributed by atoms with Crippen LogP contribution in [-0.4, -0.2) is 24.0 Å². The molecule has 0 atom stereocenters. The standard InChI is InChI=1S/C8H9NO3S/c1-5(9-11)6-3-4-7(13-6)8(10)12-2/h3-4,11H,1-2H3/b9-5-. The molecule has 4 nitrogen and oxygen atoms in total. The maximum absolute atomic E-state index is 11.0. The summed E-state index contributed by atoms with van der Waals surface area (Å²) in [6.07, 6.45) is 0. The summed E-state index contributed by atoms with van der Waals surface area (Å²) >= 11 is 1.23. The van der Waals surface area contributed by atoms with Gasteiger partial charge < -0.3 is 9.94 Å². The molecule has 5 heteroatoms. The van der Waals surface area contributed by atoms with Gasteiger partial charge in [-0.2, -0.15) is 0 Å². The van der Waals surface area contributed by atoms with Gasteiger partial charge in [0.2, 0.25) is 0 Å². The summed E-state index contributed by atoms with van der Waals surface area (Å²) in [6, 6.07) is 3.35. The van der Waals surface area contributed by atoms with Crippen LogP contribution in [-0.2, 0) is 4.74 Å². The Kier molecular flexibility index (Phi) is 3.02. The predicted octanol–water partition coefficient (Wildman–Crippen LogP) is 1.73. The minimum atomic E-state index is -0.373. The molecular formula is C8H9NO3S. The summed E-state index contributed by atoms with van der Waals surface area (Å²) in [5.41, 5.74) is 0.486. The molecule has 1 heterocycles. The van der Waals surface area contributed by atoms with E-state index in [1.54, 1.807) is 19.1 Å². The monoisotopic (exact) mass is 199 g/mol. The van der Waals surface area contributed by atoms with Crippen molar-refractivity contribution in [1.82, 2.24) is 0 Å². The lowest BCUT2D eigenvalue weighted by Crippen LogP contribution is -1.96. The lowest BCUT2D eigenvalue weighted by Gasteiger charge is -1.92. The smallest absolute Gasteiger partial charge is 0.348 e. The number of esters is 1. The van der Waals surface area contributed by atoms with Crippen LogP contribution in [0.2, 0.25) is 0 Å². The van der Waals surface area contributed by atoms with E-state index in [1.807, 2.05) is 0 Å². The molecule has 1 aromatic heterocycles. The van der Waals surface area contributed by atoms with Crippen molar-refractivity contribution >= 4 is 23.0 Å². The first-order valence-corrected chi connectivity index (χ1v) is 4.38. The van der Waals surface area contributed by atoms with Gasteiger partial charge in [0.1, 0.15) is 4.88 Å². The first kappa shape index (κ1) is 9.73. The largest absolute Gasteiger partial charge is 0.465 e. The molecule has 0 aliphatic carbocycles. The first-order chi connectivity index (χ1) is 6.19. The molecule has 0 aliphatic rings. The minimum absolute atomic E-state index is 0.373. The molecule has 0 fully saturated rings. The predicted molar refractivity (Wildman–Crippen MR) is 49.7 cm³/mol. The van der Waals surface area contributed by atoms with Gasteiger partial charge in [-0.05, 0) is 19.1 Å². The second kappa shape index (κ2) is 4.04. The van der Waals surface area contributed by atoms with E-state index in [4.69, 9.17) is 5.21 Å². The third-order valence-electron chi connectivity index (χ3n) is 1.50. The summed E-state index contributed by atoms with van der Waals surface area (Å²) in [5.74, 6) is -0.373. The van der Waals surface area contributed by atoms with Crippen molar-refractivity contribution in [2.45, 2.75) is 6.92 Å². The van der Waals surface area contributed by atoms with Crippen LogP contribution in [0.3, 0.4) is 0 Å². The van der Waals surface area contributed by atoms with Gasteiger partial charge in [0.15, 0.2) is 0 Å². The molecule has 1 N–H and O–H groups in total. The molecule has 0 bridgehead atoms. The van der Waals surface area contributed by atoms with Gasteiger partial charge in [-0.15, -0.1) is 11.3 Å². The second-order valence-corrected chi connectivity index (χ2v) is 3.42. The summed E-state index contributed by atoms with van der Waals surface area (Å²) in [4.78, 5) is 12.3. The number of rotatable bonds is 2. The van der Waals surface area contributed by atoms with Gasteiger partial charge in [-0.25, -0.2) is 4.79 Å². The van der Waals surface area contributed by atoms with Crippen molar-refractivity contribution in [2.24, 2.45) is 5.16 Å². The highest BCUT2D eigenvalue weighted by Gasteiger charge is 2.10. The van der Waals surface area contributed by atoms with Gasteiger partial charge in [0.25, 0.3) is 0 Å². The number of thiophene rings is 1. The summed E-state index contributed by atoms with van der Waals surface area (Å²) in [5, 5.41) is 11.5. The zero-order valence-electron chi connectivity index (χ0n) is 7.27. The normalized spacial score (nSPS) is 11.4. The van der Waals surface area contributed by atoms with Crippen molar-refractivity contribution in [3.05, 3.63) is 21.9 Å². The molecule has 0 aromatic carbocycles. The topological polar surface area (TPSA) is 58.9 Å². The van der Waals surface area contributed by atoms with Crippen LogP contribution in [0.15, 0.2) is 17.3 Å². The molecule has 0 amide bonds. The van der Waals surface area contributed by atoms with Gasteiger partial charge in [-0.1, -0.05) is 5.16 Å². The Balaban J connectivity index is 2.93. The lowest BCUT2D eigenvalue weighted by atomic mass is 10.3. The number of oxime groups is 1. The van der Waals surface area contributed by atoms with Gasteiger partial charge >= 0.3 is 5.97 Å². The van der Waals surface area contributed by atoms with Crippen LogP contribution in [0.4, 0.5) is 0 Å². The van der Waals surface area contributed by atoms with Crippen LogP contribution in [0, 0.1) is 0 Å². The van der Waals surface area contributed by atoms with Gasteiger partial charge in [0, 0.05) is 0 Å². The molecule has 0 unspecified atom stereocenters. The van der Waals surface area contributed by atoms with E-state index < -0.39 is 0 Å². The molecule has 0 spiro atoms. The first-order valence-electron chi connectivity index (χ1n) is 3.56. The minimum Gasteiger partial charge on any atom is -0.465 e. The highest BCUT2D eigenvalue weighted by molar-refractivity contribution is 7.15. The van der Waals surface area contributed by atoms with E-state index in [9.17, 15) is 4.79 Å². The summed E-state index contributed by atoms with van der Waals surface area (Å²) < 4.78 is 4.53. The molecular weight excluding hydrogens is 190 g/mol. The van der Waals surface area contributed by atoms with Crippen molar-refractivity contribution < 1.29 is 14.7 Å². The average Bonchev–Trinajstić information content (AvgIpc) is 2.64.